The molecule has 0 saturated heterocycles. The van der Waals surface area contributed by atoms with Crippen molar-refractivity contribution in [3.8, 4) is 0 Å². The van der Waals surface area contributed by atoms with E-state index in [2.05, 4.69) is 13.8 Å². The number of carbonyl (C=O) groups excluding carboxylic acids is 2. The number of esters is 2. The van der Waals surface area contributed by atoms with Crippen molar-refractivity contribution >= 4 is 19.8 Å². The molecule has 0 aliphatic carbocycles. The van der Waals surface area contributed by atoms with Gasteiger partial charge in [0.25, 0.3) is 0 Å². The number of rotatable bonds is 43. The van der Waals surface area contributed by atoms with E-state index in [9.17, 15) is 19.0 Å². The third kappa shape index (κ3) is 40.5. The highest BCUT2D eigenvalue weighted by Crippen LogP contribution is 2.43. The van der Waals surface area contributed by atoms with Crippen molar-refractivity contribution in [3.63, 3.8) is 0 Å². The highest BCUT2D eigenvalue weighted by Gasteiger charge is 2.25. The predicted octanol–water partition coefficient (Wildman–Crippen LogP) is 14.3. The summed E-state index contributed by atoms with van der Waals surface area (Å²) in [5, 5.41) is 0. The molecule has 0 spiro atoms. The van der Waals surface area contributed by atoms with Crippen molar-refractivity contribution in [1.82, 2.24) is 0 Å². The molecule has 0 fully saturated rings. The van der Waals surface area contributed by atoms with E-state index in [1.165, 1.54) is 173 Å². The van der Waals surface area contributed by atoms with Crippen LogP contribution in [0.2, 0.25) is 0 Å². The van der Waals surface area contributed by atoms with Crippen LogP contribution in [0.25, 0.3) is 0 Å². The Morgan fingerprint density at radius 1 is 0.434 bits per heavy atom. The summed E-state index contributed by atoms with van der Waals surface area (Å²) in [5.74, 6) is -0.779. The predicted molar refractivity (Wildman–Crippen MR) is 221 cm³/mol. The fourth-order valence-corrected chi connectivity index (χ4v) is 7.56. The first-order valence-electron chi connectivity index (χ1n) is 22.8. The molecule has 0 saturated carbocycles. The molecule has 0 aromatic heterocycles. The SMILES string of the molecule is CCCCCCCCCCCCCCCCCCCC(=O)OC(COC(=O)CCCCCCCCCCCCCCCCCC)COP(=O)(O)OCC. The minimum atomic E-state index is -4.27. The smallest absolute Gasteiger partial charge is 0.462 e. The number of carbonyl (C=O) groups is 2. The maximum atomic E-state index is 12.6. The Labute approximate surface area is 328 Å². The van der Waals surface area contributed by atoms with E-state index in [0.717, 1.165) is 38.5 Å². The molecule has 1 N–H and O–H groups in total. The largest absolute Gasteiger partial charge is 0.472 e. The van der Waals surface area contributed by atoms with E-state index in [1.54, 1.807) is 6.92 Å². The van der Waals surface area contributed by atoms with E-state index in [-0.39, 0.29) is 32.2 Å². The van der Waals surface area contributed by atoms with Crippen LogP contribution in [0.3, 0.4) is 0 Å². The Morgan fingerprint density at radius 3 is 1.06 bits per heavy atom. The van der Waals surface area contributed by atoms with E-state index >= 15 is 0 Å². The van der Waals surface area contributed by atoms with Gasteiger partial charge in [-0.2, -0.15) is 0 Å². The second-order valence-electron chi connectivity index (χ2n) is 15.4. The molecule has 0 aromatic rings. The first-order valence-corrected chi connectivity index (χ1v) is 24.3. The summed E-state index contributed by atoms with van der Waals surface area (Å²) < 4.78 is 32.7. The Morgan fingerprint density at radius 2 is 0.736 bits per heavy atom. The summed E-state index contributed by atoms with van der Waals surface area (Å²) in [5.41, 5.74) is 0. The number of phosphoric ester groups is 1. The van der Waals surface area contributed by atoms with Crippen molar-refractivity contribution < 1.29 is 37.6 Å². The molecule has 0 heterocycles. The molecule has 0 aliphatic rings. The number of phosphoric acid groups is 1. The topological polar surface area (TPSA) is 108 Å². The molecular formula is C44H87O8P. The fourth-order valence-electron chi connectivity index (χ4n) is 6.81. The number of ether oxygens (including phenoxy) is 2. The third-order valence-corrected chi connectivity index (χ3v) is 11.2. The average molecular weight is 775 g/mol. The highest BCUT2D eigenvalue weighted by atomic mass is 31.2. The van der Waals surface area contributed by atoms with Gasteiger partial charge < -0.3 is 14.4 Å². The highest BCUT2D eigenvalue weighted by molar-refractivity contribution is 7.47. The maximum absolute atomic E-state index is 12.6. The number of hydrogen-bond donors (Lipinski definition) is 1. The molecule has 9 heteroatoms. The van der Waals surface area contributed by atoms with Crippen LogP contribution < -0.4 is 0 Å². The quantitative estimate of drug-likeness (QED) is 0.0370. The van der Waals surface area contributed by atoms with Crippen LogP contribution in [0.1, 0.15) is 245 Å². The van der Waals surface area contributed by atoms with Gasteiger partial charge in [0, 0.05) is 12.8 Å². The lowest BCUT2D eigenvalue weighted by atomic mass is 10.0. The first kappa shape index (κ1) is 52.0. The second kappa shape index (κ2) is 40.7. The van der Waals surface area contributed by atoms with Crippen LogP contribution in [-0.4, -0.2) is 42.8 Å². The maximum Gasteiger partial charge on any atom is 0.472 e. The van der Waals surface area contributed by atoms with Crippen molar-refractivity contribution in [2.24, 2.45) is 0 Å². The van der Waals surface area contributed by atoms with Gasteiger partial charge in [-0.05, 0) is 19.8 Å². The average Bonchev–Trinajstić information content (AvgIpc) is 3.13. The summed E-state index contributed by atoms with van der Waals surface area (Å²) in [7, 11) is -4.27. The fraction of sp³-hybridized carbons (Fsp3) is 0.955. The molecule has 316 valence electrons. The van der Waals surface area contributed by atoms with Gasteiger partial charge in [-0.1, -0.05) is 213 Å². The summed E-state index contributed by atoms with van der Waals surface area (Å²) >= 11 is 0. The molecule has 53 heavy (non-hydrogen) atoms. The summed E-state index contributed by atoms with van der Waals surface area (Å²) in [6, 6.07) is 0. The van der Waals surface area contributed by atoms with Gasteiger partial charge in [-0.25, -0.2) is 4.57 Å². The molecule has 0 amide bonds. The van der Waals surface area contributed by atoms with Crippen molar-refractivity contribution in [1.29, 1.82) is 0 Å². The zero-order valence-electron chi connectivity index (χ0n) is 35.2. The zero-order chi connectivity index (χ0) is 38.9. The number of unbranched alkanes of at least 4 members (excludes halogenated alkanes) is 31. The zero-order valence-corrected chi connectivity index (χ0v) is 36.1. The molecule has 0 aliphatic heterocycles. The van der Waals surface area contributed by atoms with Gasteiger partial charge >= 0.3 is 19.8 Å². The lowest BCUT2D eigenvalue weighted by Gasteiger charge is -2.19. The minimum Gasteiger partial charge on any atom is -0.462 e. The normalized spacial score (nSPS) is 13.2. The van der Waals surface area contributed by atoms with Crippen molar-refractivity contribution in [2.45, 2.75) is 252 Å². The van der Waals surface area contributed by atoms with Crippen LogP contribution in [0.4, 0.5) is 0 Å². The lowest BCUT2D eigenvalue weighted by Crippen LogP contribution is -2.29. The monoisotopic (exact) mass is 775 g/mol. The first-order chi connectivity index (χ1) is 25.8. The molecular weight excluding hydrogens is 687 g/mol. The molecule has 0 aromatic carbocycles. The molecule has 0 radical (unpaired) electrons. The van der Waals surface area contributed by atoms with Crippen molar-refractivity contribution in [2.75, 3.05) is 19.8 Å². The van der Waals surface area contributed by atoms with Crippen molar-refractivity contribution in [3.05, 3.63) is 0 Å². The van der Waals surface area contributed by atoms with Crippen LogP contribution in [0, 0.1) is 0 Å². The van der Waals surface area contributed by atoms with Crippen LogP contribution in [0.5, 0.6) is 0 Å². The van der Waals surface area contributed by atoms with Gasteiger partial charge in [-0.3, -0.25) is 18.6 Å². The number of hydrogen-bond acceptors (Lipinski definition) is 7. The Kier molecular flexibility index (Phi) is 40.0. The van der Waals surface area contributed by atoms with Gasteiger partial charge in [0.1, 0.15) is 6.61 Å². The summed E-state index contributed by atoms with van der Waals surface area (Å²) in [6.45, 7) is 5.53. The van der Waals surface area contributed by atoms with Gasteiger partial charge in [0.05, 0.1) is 13.2 Å². The van der Waals surface area contributed by atoms with E-state index in [0.29, 0.717) is 6.42 Å². The second-order valence-corrected chi connectivity index (χ2v) is 16.9. The molecule has 0 bridgehead atoms. The van der Waals surface area contributed by atoms with Gasteiger partial charge in [0.2, 0.25) is 0 Å². The standard InChI is InChI=1S/C44H87O8P/c1-4-7-9-11-13-15-17-19-21-23-25-27-29-31-33-35-37-39-44(46)52-42(41-51-53(47,48)50-6-3)40-49-43(45)38-36-34-32-30-28-26-24-22-20-18-16-14-12-10-8-5-2/h42H,4-41H2,1-3H3,(H,47,48). The van der Waals surface area contributed by atoms with Gasteiger partial charge in [-0.15, -0.1) is 0 Å². The Hall–Kier alpha value is -0.950. The van der Waals surface area contributed by atoms with Gasteiger partial charge in [0.15, 0.2) is 6.10 Å². The minimum absolute atomic E-state index is 0.00579. The lowest BCUT2D eigenvalue weighted by molar-refractivity contribution is -0.161. The Bertz CT molecular complexity index is 838. The summed E-state index contributed by atoms with van der Waals surface area (Å²) in [6.07, 6.45) is 41.5. The summed E-state index contributed by atoms with van der Waals surface area (Å²) in [4.78, 5) is 34.8. The third-order valence-electron chi connectivity index (χ3n) is 10.2. The molecule has 0 rings (SSSR count). The molecule has 2 atom stereocenters. The van der Waals surface area contributed by atoms with Crippen LogP contribution in [0.15, 0.2) is 0 Å². The molecule has 8 nitrogen and oxygen atoms in total. The van der Waals surface area contributed by atoms with E-state index in [4.69, 9.17) is 18.5 Å². The molecule has 2 unspecified atom stereocenters. The van der Waals surface area contributed by atoms with E-state index < -0.39 is 19.9 Å². The Balaban J connectivity index is 4.00. The van der Waals surface area contributed by atoms with E-state index in [1.807, 2.05) is 0 Å². The van der Waals surface area contributed by atoms with Crippen LogP contribution in [-0.2, 0) is 32.7 Å². The van der Waals surface area contributed by atoms with Crippen LogP contribution >= 0.6 is 7.82 Å².